The molecule has 7 heteroatoms. The Balaban J connectivity index is 2.35. The molecule has 0 spiro atoms. The number of methoxy groups -OCH3 is 1. The summed E-state index contributed by atoms with van der Waals surface area (Å²) in [6.45, 7) is 0.0868. The van der Waals surface area contributed by atoms with Crippen molar-refractivity contribution >= 4 is 11.8 Å². The van der Waals surface area contributed by atoms with Crippen LogP contribution in [0, 0.1) is 0 Å². The number of hydrogen-bond donors (Lipinski definition) is 1. The third-order valence-electron chi connectivity index (χ3n) is 2.08. The van der Waals surface area contributed by atoms with Gasteiger partial charge < -0.3 is 9.84 Å². The Morgan fingerprint density at radius 1 is 1.41 bits per heavy atom. The van der Waals surface area contributed by atoms with Crippen LogP contribution in [0.5, 0.6) is 5.75 Å². The number of rotatable bonds is 5. The Labute approximate surface area is 103 Å². The van der Waals surface area contributed by atoms with Gasteiger partial charge in [-0.3, -0.25) is 0 Å². The fourth-order valence-corrected chi connectivity index (χ4v) is 1.99. The lowest BCUT2D eigenvalue weighted by atomic mass is 10.3. The minimum absolute atomic E-state index is 0.0868. The van der Waals surface area contributed by atoms with E-state index in [1.807, 2.05) is 24.3 Å². The van der Waals surface area contributed by atoms with Crippen LogP contribution in [0.25, 0.3) is 5.69 Å². The number of tetrazole rings is 1. The van der Waals surface area contributed by atoms with Crippen LogP contribution >= 0.6 is 11.8 Å². The SMILES string of the molecule is COc1ccccc1-n1nnnc1SCCO. The summed E-state index contributed by atoms with van der Waals surface area (Å²) >= 11 is 1.39. The zero-order valence-electron chi connectivity index (χ0n) is 9.28. The van der Waals surface area contributed by atoms with E-state index in [1.165, 1.54) is 11.8 Å². The molecule has 17 heavy (non-hydrogen) atoms. The monoisotopic (exact) mass is 252 g/mol. The maximum absolute atomic E-state index is 8.80. The predicted molar refractivity (Wildman–Crippen MR) is 63.5 cm³/mol. The molecule has 0 radical (unpaired) electrons. The number of aliphatic hydroxyl groups is 1. The van der Waals surface area contributed by atoms with Gasteiger partial charge in [-0.05, 0) is 22.6 Å². The number of ether oxygens (including phenoxy) is 1. The number of aromatic nitrogens is 4. The fraction of sp³-hybridized carbons (Fsp3) is 0.300. The molecular weight excluding hydrogens is 240 g/mol. The first kappa shape index (κ1) is 11.9. The van der Waals surface area contributed by atoms with Gasteiger partial charge in [0.2, 0.25) is 5.16 Å². The molecule has 90 valence electrons. The summed E-state index contributed by atoms with van der Waals surface area (Å²) in [5.74, 6) is 1.25. The van der Waals surface area contributed by atoms with Crippen molar-refractivity contribution in [2.24, 2.45) is 0 Å². The van der Waals surface area contributed by atoms with Crippen molar-refractivity contribution in [2.45, 2.75) is 5.16 Å². The van der Waals surface area contributed by atoms with Crippen LogP contribution in [0.1, 0.15) is 0 Å². The molecule has 2 rings (SSSR count). The Kier molecular flexibility index (Phi) is 3.94. The summed E-state index contributed by atoms with van der Waals surface area (Å²) in [5, 5.41) is 20.9. The molecule has 1 heterocycles. The molecule has 0 saturated heterocycles. The van der Waals surface area contributed by atoms with E-state index in [1.54, 1.807) is 11.8 Å². The molecule has 2 aromatic rings. The first-order chi connectivity index (χ1) is 8.36. The van der Waals surface area contributed by atoms with Gasteiger partial charge in [-0.1, -0.05) is 23.9 Å². The molecule has 1 aromatic heterocycles. The minimum Gasteiger partial charge on any atom is -0.494 e. The van der Waals surface area contributed by atoms with Gasteiger partial charge in [-0.15, -0.1) is 5.10 Å². The maximum atomic E-state index is 8.80. The molecule has 1 aromatic carbocycles. The number of aliphatic hydroxyl groups excluding tert-OH is 1. The van der Waals surface area contributed by atoms with Crippen LogP contribution in [0.4, 0.5) is 0 Å². The quantitative estimate of drug-likeness (QED) is 0.792. The number of hydrogen-bond acceptors (Lipinski definition) is 6. The van der Waals surface area contributed by atoms with E-state index < -0.39 is 0 Å². The van der Waals surface area contributed by atoms with Crippen molar-refractivity contribution < 1.29 is 9.84 Å². The topological polar surface area (TPSA) is 73.1 Å². The molecule has 0 unspecified atom stereocenters. The largest absolute Gasteiger partial charge is 0.494 e. The predicted octanol–water partition coefficient (Wildman–Crippen LogP) is 0.755. The van der Waals surface area contributed by atoms with Gasteiger partial charge in [0, 0.05) is 5.75 Å². The molecule has 0 saturated carbocycles. The van der Waals surface area contributed by atoms with Gasteiger partial charge in [0.1, 0.15) is 11.4 Å². The molecule has 0 aliphatic rings. The van der Waals surface area contributed by atoms with Gasteiger partial charge in [0.15, 0.2) is 0 Å². The van der Waals surface area contributed by atoms with Crippen LogP contribution in [0.2, 0.25) is 0 Å². The van der Waals surface area contributed by atoms with E-state index >= 15 is 0 Å². The molecule has 0 atom stereocenters. The van der Waals surface area contributed by atoms with Crippen molar-refractivity contribution in [3.63, 3.8) is 0 Å². The summed E-state index contributed by atoms with van der Waals surface area (Å²) < 4.78 is 6.85. The summed E-state index contributed by atoms with van der Waals surface area (Å²) in [7, 11) is 1.60. The van der Waals surface area contributed by atoms with Crippen molar-refractivity contribution in [3.8, 4) is 11.4 Å². The lowest BCUT2D eigenvalue weighted by Gasteiger charge is -2.08. The van der Waals surface area contributed by atoms with Crippen molar-refractivity contribution in [1.29, 1.82) is 0 Å². The molecule has 0 aliphatic carbocycles. The van der Waals surface area contributed by atoms with E-state index in [-0.39, 0.29) is 6.61 Å². The van der Waals surface area contributed by atoms with Crippen LogP contribution in [-0.4, -0.2) is 44.8 Å². The second kappa shape index (κ2) is 5.65. The summed E-state index contributed by atoms with van der Waals surface area (Å²) in [4.78, 5) is 0. The number of nitrogens with zero attached hydrogens (tertiary/aromatic N) is 4. The first-order valence-electron chi connectivity index (χ1n) is 5.02. The number of para-hydroxylation sites is 2. The summed E-state index contributed by atoms with van der Waals surface area (Å²) in [6.07, 6.45) is 0. The van der Waals surface area contributed by atoms with Gasteiger partial charge in [-0.2, -0.15) is 4.68 Å². The van der Waals surface area contributed by atoms with E-state index in [9.17, 15) is 0 Å². The molecular formula is C10H12N4O2S. The van der Waals surface area contributed by atoms with Crippen LogP contribution < -0.4 is 4.74 Å². The highest BCUT2D eigenvalue weighted by molar-refractivity contribution is 7.99. The van der Waals surface area contributed by atoms with E-state index in [0.717, 1.165) is 5.69 Å². The van der Waals surface area contributed by atoms with E-state index in [4.69, 9.17) is 9.84 Å². The second-order valence-corrected chi connectivity index (χ2v) is 4.18. The summed E-state index contributed by atoms with van der Waals surface area (Å²) in [5.41, 5.74) is 0.778. The third-order valence-corrected chi connectivity index (χ3v) is 2.98. The van der Waals surface area contributed by atoms with Crippen LogP contribution in [-0.2, 0) is 0 Å². The molecule has 6 nitrogen and oxygen atoms in total. The normalized spacial score (nSPS) is 10.5. The summed E-state index contributed by atoms with van der Waals surface area (Å²) in [6, 6.07) is 7.49. The molecule has 0 amide bonds. The number of benzene rings is 1. The Morgan fingerprint density at radius 2 is 2.24 bits per heavy atom. The lowest BCUT2D eigenvalue weighted by Crippen LogP contribution is -2.02. The fourth-order valence-electron chi connectivity index (χ4n) is 1.36. The first-order valence-corrected chi connectivity index (χ1v) is 6.01. The van der Waals surface area contributed by atoms with Crippen molar-refractivity contribution in [2.75, 3.05) is 19.5 Å². The van der Waals surface area contributed by atoms with E-state index in [0.29, 0.717) is 16.7 Å². The van der Waals surface area contributed by atoms with Gasteiger partial charge in [0.25, 0.3) is 0 Å². The molecule has 0 bridgehead atoms. The molecule has 0 aliphatic heterocycles. The van der Waals surface area contributed by atoms with Gasteiger partial charge >= 0.3 is 0 Å². The Hall–Kier alpha value is -1.60. The molecule has 0 fully saturated rings. The number of thioether (sulfide) groups is 1. The smallest absolute Gasteiger partial charge is 0.214 e. The van der Waals surface area contributed by atoms with Gasteiger partial charge in [0.05, 0.1) is 13.7 Å². The standard InChI is InChI=1S/C10H12N4O2S/c1-16-9-5-3-2-4-8(9)14-10(11-12-13-14)17-7-6-15/h2-5,15H,6-7H2,1H3. The third kappa shape index (κ3) is 2.56. The second-order valence-electron chi connectivity index (χ2n) is 3.12. The van der Waals surface area contributed by atoms with Crippen molar-refractivity contribution in [1.82, 2.24) is 20.2 Å². The minimum atomic E-state index is 0.0868. The van der Waals surface area contributed by atoms with Crippen molar-refractivity contribution in [3.05, 3.63) is 24.3 Å². The lowest BCUT2D eigenvalue weighted by molar-refractivity contribution is 0.322. The zero-order chi connectivity index (χ0) is 12.1. The average molecular weight is 252 g/mol. The average Bonchev–Trinajstić information content (AvgIpc) is 2.84. The zero-order valence-corrected chi connectivity index (χ0v) is 10.1. The maximum Gasteiger partial charge on any atom is 0.214 e. The van der Waals surface area contributed by atoms with Gasteiger partial charge in [-0.25, -0.2) is 0 Å². The van der Waals surface area contributed by atoms with Crippen LogP contribution in [0.15, 0.2) is 29.4 Å². The molecule has 1 N–H and O–H groups in total. The highest BCUT2D eigenvalue weighted by Crippen LogP contribution is 2.25. The Morgan fingerprint density at radius 3 is 3.00 bits per heavy atom. The Bertz CT molecular complexity index is 489. The van der Waals surface area contributed by atoms with Crippen LogP contribution in [0.3, 0.4) is 0 Å². The highest BCUT2D eigenvalue weighted by atomic mass is 32.2. The van der Waals surface area contributed by atoms with E-state index in [2.05, 4.69) is 15.5 Å². The highest BCUT2D eigenvalue weighted by Gasteiger charge is 2.12.